The van der Waals surface area contributed by atoms with Crippen LogP contribution in [0.3, 0.4) is 0 Å². The van der Waals surface area contributed by atoms with E-state index in [1.165, 1.54) is 6.07 Å². The van der Waals surface area contributed by atoms with Gasteiger partial charge in [-0.3, -0.25) is 24.3 Å². The highest BCUT2D eigenvalue weighted by Gasteiger charge is 2.22. The Morgan fingerprint density at radius 1 is 1.00 bits per heavy atom. The Labute approximate surface area is 256 Å². The molecule has 0 fully saturated rings. The lowest BCUT2D eigenvalue weighted by molar-refractivity contribution is -0.150. The van der Waals surface area contributed by atoms with Gasteiger partial charge in [0, 0.05) is 18.2 Å². The van der Waals surface area contributed by atoms with Crippen molar-refractivity contribution in [2.45, 2.75) is 50.6 Å². The van der Waals surface area contributed by atoms with Gasteiger partial charge in [-0.2, -0.15) is 5.10 Å². The third kappa shape index (κ3) is 8.39. The third-order valence-electron chi connectivity index (χ3n) is 6.84. The summed E-state index contributed by atoms with van der Waals surface area (Å²) in [7, 11) is -4.03. The van der Waals surface area contributed by atoms with Crippen LogP contribution in [0.4, 0.5) is 0 Å². The SMILES string of the molecule is CCCc1cc(C(=O)N[C@H](Cc2ccccc2)CN(O)C=O)nn1Cc1ccc(-c2ccccc2S(=O)(=O)NC(C)=O)cc1. The fourth-order valence-corrected chi connectivity index (χ4v) is 6.12. The average Bonchev–Trinajstić information content (AvgIpc) is 3.39. The van der Waals surface area contributed by atoms with Crippen LogP contribution in [0.25, 0.3) is 11.1 Å². The Morgan fingerprint density at radius 3 is 2.34 bits per heavy atom. The number of rotatable bonds is 14. The van der Waals surface area contributed by atoms with Crippen molar-refractivity contribution in [1.82, 2.24) is 24.9 Å². The van der Waals surface area contributed by atoms with E-state index in [4.69, 9.17) is 0 Å². The maximum absolute atomic E-state index is 13.3. The Bertz CT molecular complexity index is 1700. The van der Waals surface area contributed by atoms with Crippen LogP contribution in [0.1, 0.15) is 47.6 Å². The van der Waals surface area contributed by atoms with Crippen LogP contribution in [0.15, 0.2) is 89.8 Å². The molecule has 3 amide bonds. The average molecular weight is 618 g/mol. The van der Waals surface area contributed by atoms with Crippen LogP contribution in [0, 0.1) is 0 Å². The molecular formula is C32H35N5O6S. The fraction of sp³-hybridized carbons (Fsp3) is 0.250. The van der Waals surface area contributed by atoms with Crippen molar-refractivity contribution in [3.05, 3.63) is 107 Å². The van der Waals surface area contributed by atoms with Crippen LogP contribution in [0.2, 0.25) is 0 Å². The molecule has 0 bridgehead atoms. The Hall–Kier alpha value is -4.81. The minimum atomic E-state index is -4.03. The van der Waals surface area contributed by atoms with Gasteiger partial charge < -0.3 is 5.32 Å². The summed E-state index contributed by atoms with van der Waals surface area (Å²) in [6.45, 7) is 3.46. The number of hydroxylamine groups is 2. The number of hydrogen-bond acceptors (Lipinski definition) is 7. The molecule has 3 N–H and O–H groups in total. The Balaban J connectivity index is 1.54. The maximum atomic E-state index is 13.3. The van der Waals surface area contributed by atoms with Gasteiger partial charge in [0.15, 0.2) is 0 Å². The zero-order chi connectivity index (χ0) is 31.7. The van der Waals surface area contributed by atoms with Crippen molar-refractivity contribution in [3.63, 3.8) is 0 Å². The van der Waals surface area contributed by atoms with Gasteiger partial charge in [-0.1, -0.05) is 86.1 Å². The van der Waals surface area contributed by atoms with E-state index < -0.39 is 27.9 Å². The van der Waals surface area contributed by atoms with Crippen molar-refractivity contribution >= 4 is 28.2 Å². The van der Waals surface area contributed by atoms with E-state index in [9.17, 15) is 28.0 Å². The minimum Gasteiger partial charge on any atom is -0.346 e. The summed E-state index contributed by atoms with van der Waals surface area (Å²) >= 11 is 0. The number of sulfonamides is 1. The molecule has 1 heterocycles. The summed E-state index contributed by atoms with van der Waals surface area (Å²) in [4.78, 5) is 35.8. The van der Waals surface area contributed by atoms with Crippen molar-refractivity contribution in [1.29, 1.82) is 0 Å². The van der Waals surface area contributed by atoms with Gasteiger partial charge in [0.1, 0.15) is 5.69 Å². The van der Waals surface area contributed by atoms with Gasteiger partial charge in [0.2, 0.25) is 12.3 Å². The van der Waals surface area contributed by atoms with Gasteiger partial charge in [-0.25, -0.2) is 18.2 Å². The zero-order valence-electron chi connectivity index (χ0n) is 24.5. The normalized spacial score (nSPS) is 11.9. The van der Waals surface area contributed by atoms with E-state index in [0.717, 1.165) is 30.2 Å². The molecule has 0 spiro atoms. The highest BCUT2D eigenvalue weighted by atomic mass is 32.2. The molecule has 44 heavy (non-hydrogen) atoms. The first kappa shape index (κ1) is 32.1. The highest BCUT2D eigenvalue weighted by molar-refractivity contribution is 7.90. The van der Waals surface area contributed by atoms with Gasteiger partial charge in [0.05, 0.1) is 24.0 Å². The van der Waals surface area contributed by atoms with E-state index >= 15 is 0 Å². The van der Waals surface area contributed by atoms with E-state index in [-0.39, 0.29) is 17.1 Å². The Kier molecular flexibility index (Phi) is 10.6. The molecule has 12 heteroatoms. The van der Waals surface area contributed by atoms with E-state index in [1.54, 1.807) is 41.1 Å². The number of amides is 3. The van der Waals surface area contributed by atoms with Crippen LogP contribution < -0.4 is 10.0 Å². The number of benzene rings is 3. The quantitative estimate of drug-likeness (QED) is 0.111. The number of nitrogens with one attached hydrogen (secondary N) is 2. The predicted molar refractivity (Wildman–Crippen MR) is 164 cm³/mol. The largest absolute Gasteiger partial charge is 0.346 e. The lowest BCUT2D eigenvalue weighted by Gasteiger charge is -2.21. The summed E-state index contributed by atoms with van der Waals surface area (Å²) in [5.41, 5.74) is 4.02. The summed E-state index contributed by atoms with van der Waals surface area (Å²) in [6.07, 6.45) is 2.22. The highest BCUT2D eigenvalue weighted by Crippen LogP contribution is 2.27. The second-order valence-electron chi connectivity index (χ2n) is 10.4. The maximum Gasteiger partial charge on any atom is 0.272 e. The van der Waals surface area contributed by atoms with Gasteiger partial charge in [0.25, 0.3) is 15.9 Å². The molecule has 4 aromatic rings. The number of aryl methyl sites for hydroxylation is 1. The fourth-order valence-electron chi connectivity index (χ4n) is 4.90. The summed E-state index contributed by atoms with van der Waals surface area (Å²) in [5.74, 6) is -1.10. The second kappa shape index (κ2) is 14.6. The second-order valence-corrected chi connectivity index (χ2v) is 12.0. The molecule has 0 saturated heterocycles. The third-order valence-corrected chi connectivity index (χ3v) is 8.33. The Morgan fingerprint density at radius 2 is 1.68 bits per heavy atom. The molecule has 4 rings (SSSR count). The first-order valence-corrected chi connectivity index (χ1v) is 15.6. The molecule has 1 aromatic heterocycles. The summed E-state index contributed by atoms with van der Waals surface area (Å²) in [5, 5.41) is 17.8. The molecule has 1 atom stereocenters. The molecule has 11 nitrogen and oxygen atoms in total. The van der Waals surface area contributed by atoms with Crippen molar-refractivity contribution in [2.24, 2.45) is 0 Å². The minimum absolute atomic E-state index is 0.000980. The summed E-state index contributed by atoms with van der Waals surface area (Å²) in [6, 6.07) is 24.4. The van der Waals surface area contributed by atoms with Crippen molar-refractivity contribution in [3.8, 4) is 11.1 Å². The number of hydrogen-bond donors (Lipinski definition) is 3. The molecule has 0 aliphatic heterocycles. The number of carbonyl (C=O) groups excluding carboxylic acids is 3. The summed E-state index contributed by atoms with van der Waals surface area (Å²) < 4.78 is 29.2. The van der Waals surface area contributed by atoms with Crippen LogP contribution >= 0.6 is 0 Å². The molecule has 0 unspecified atom stereocenters. The van der Waals surface area contributed by atoms with Crippen molar-refractivity contribution in [2.75, 3.05) is 6.54 Å². The van der Waals surface area contributed by atoms with Crippen LogP contribution in [-0.4, -0.2) is 59.3 Å². The first-order chi connectivity index (χ1) is 21.1. The lowest BCUT2D eigenvalue weighted by Crippen LogP contribution is -2.44. The topological polar surface area (TPSA) is 151 Å². The molecule has 230 valence electrons. The molecule has 0 saturated carbocycles. The zero-order valence-corrected chi connectivity index (χ0v) is 25.3. The lowest BCUT2D eigenvalue weighted by atomic mass is 10.0. The first-order valence-electron chi connectivity index (χ1n) is 14.1. The molecule has 0 aliphatic carbocycles. The smallest absolute Gasteiger partial charge is 0.272 e. The predicted octanol–water partition coefficient (Wildman–Crippen LogP) is 3.56. The number of aromatic nitrogens is 2. The van der Waals surface area contributed by atoms with E-state index in [0.29, 0.717) is 42.0 Å². The van der Waals surface area contributed by atoms with Crippen LogP contribution in [-0.2, 0) is 39.0 Å². The van der Waals surface area contributed by atoms with Gasteiger partial charge in [-0.05, 0) is 41.7 Å². The number of carbonyl (C=O) groups is 3. The monoisotopic (exact) mass is 617 g/mol. The van der Waals surface area contributed by atoms with Crippen molar-refractivity contribution < 1.29 is 28.0 Å². The molecule has 3 aromatic carbocycles. The van der Waals surface area contributed by atoms with E-state index in [1.807, 2.05) is 54.1 Å². The van der Waals surface area contributed by atoms with E-state index in [2.05, 4.69) is 10.4 Å². The molecule has 0 radical (unpaired) electrons. The van der Waals surface area contributed by atoms with Gasteiger partial charge >= 0.3 is 0 Å². The van der Waals surface area contributed by atoms with Gasteiger partial charge in [-0.15, -0.1) is 0 Å². The standard InChI is InChI=1S/C32H35N5O6S/c1-3-9-28-19-30(32(40)33-27(21-36(41)22-38)18-24-10-5-4-6-11-24)34-37(28)20-25-14-16-26(17-15-25)29-12-7-8-13-31(29)44(42,43)35-23(2)39/h4-8,10-17,19,22,27,41H,3,9,18,20-21H2,1-2H3,(H,33,40)(H,35,39)/t27-/m1/s1. The number of nitrogens with zero attached hydrogens (tertiary/aromatic N) is 3. The molecule has 0 aliphatic rings. The molecular weight excluding hydrogens is 582 g/mol. The van der Waals surface area contributed by atoms with Crippen LogP contribution in [0.5, 0.6) is 0 Å².